The number of nitrogens with zero attached hydrogens (tertiary/aromatic N) is 5. The van der Waals surface area contributed by atoms with Gasteiger partial charge in [0.15, 0.2) is 5.13 Å². The minimum absolute atomic E-state index is 0.00268. The van der Waals surface area contributed by atoms with E-state index in [1.807, 2.05) is 11.6 Å². The highest BCUT2D eigenvalue weighted by atomic mass is 32.1. The number of carbonyl (C=O) groups excluding carboxylic acids is 1. The first kappa shape index (κ1) is 13.8. The summed E-state index contributed by atoms with van der Waals surface area (Å²) in [4.78, 5) is 24.5. The minimum atomic E-state index is -0.00268. The average molecular weight is 318 g/mol. The maximum Gasteiger partial charge on any atom is 0.240 e. The van der Waals surface area contributed by atoms with E-state index in [0.717, 1.165) is 42.7 Å². The third kappa shape index (κ3) is 2.64. The van der Waals surface area contributed by atoms with Crippen molar-refractivity contribution < 1.29 is 4.79 Å². The molecule has 8 heteroatoms. The fraction of sp³-hybridized carbons (Fsp3) is 0.571. The van der Waals surface area contributed by atoms with E-state index in [1.165, 1.54) is 17.0 Å². The lowest BCUT2D eigenvalue weighted by Crippen LogP contribution is -2.39. The molecule has 0 spiro atoms. The second-order valence-electron chi connectivity index (χ2n) is 5.80. The fourth-order valence-corrected chi connectivity index (χ4v) is 4.12. The number of aromatic nitrogens is 4. The summed E-state index contributed by atoms with van der Waals surface area (Å²) >= 11 is 1.62. The van der Waals surface area contributed by atoms with Gasteiger partial charge in [-0.1, -0.05) is 0 Å². The maximum absolute atomic E-state index is 12.2. The molecule has 0 fully saturated rings. The highest BCUT2D eigenvalue weighted by Crippen LogP contribution is 2.30. The molecule has 7 nitrogen and oxygen atoms in total. The summed E-state index contributed by atoms with van der Waals surface area (Å²) in [5.41, 5.74) is 1.17. The Bertz CT molecular complexity index is 699. The van der Waals surface area contributed by atoms with E-state index in [2.05, 4.69) is 25.3 Å². The van der Waals surface area contributed by atoms with Gasteiger partial charge in [0, 0.05) is 11.4 Å². The number of rotatable bonds is 3. The highest BCUT2D eigenvalue weighted by molar-refractivity contribution is 7.15. The molecule has 1 amide bonds. The number of amides is 1. The third-order valence-electron chi connectivity index (χ3n) is 4.06. The molecule has 22 heavy (non-hydrogen) atoms. The van der Waals surface area contributed by atoms with Crippen molar-refractivity contribution in [2.75, 3.05) is 18.4 Å². The first-order valence-corrected chi connectivity index (χ1v) is 8.40. The van der Waals surface area contributed by atoms with E-state index in [1.54, 1.807) is 11.3 Å². The molecule has 0 radical (unpaired) electrons. The Morgan fingerprint density at radius 3 is 3.09 bits per heavy atom. The van der Waals surface area contributed by atoms with Gasteiger partial charge in [-0.25, -0.2) is 14.6 Å². The van der Waals surface area contributed by atoms with Gasteiger partial charge >= 0.3 is 0 Å². The Morgan fingerprint density at radius 2 is 2.23 bits per heavy atom. The molecule has 1 aliphatic carbocycles. The zero-order valence-corrected chi connectivity index (χ0v) is 13.3. The Labute approximate surface area is 132 Å². The van der Waals surface area contributed by atoms with Crippen molar-refractivity contribution in [3.05, 3.63) is 22.2 Å². The summed E-state index contributed by atoms with van der Waals surface area (Å²) in [6, 6.07) is 0. The average Bonchev–Trinajstić information content (AvgIpc) is 3.11. The first-order valence-electron chi connectivity index (χ1n) is 7.58. The molecule has 0 saturated carbocycles. The highest BCUT2D eigenvalue weighted by Gasteiger charge is 2.22. The number of thiazole rings is 1. The van der Waals surface area contributed by atoms with Crippen LogP contribution < -0.4 is 5.32 Å². The molecule has 0 aromatic carbocycles. The van der Waals surface area contributed by atoms with Crippen LogP contribution in [-0.2, 0) is 30.7 Å². The van der Waals surface area contributed by atoms with Crippen LogP contribution in [0.15, 0.2) is 0 Å². The van der Waals surface area contributed by atoms with Gasteiger partial charge in [0.2, 0.25) is 5.91 Å². The van der Waals surface area contributed by atoms with Crippen LogP contribution in [0.5, 0.6) is 0 Å². The molecule has 0 saturated heterocycles. The molecular weight excluding hydrogens is 300 g/mol. The number of nitrogens with one attached hydrogen (secondary N) is 1. The number of hydrogen-bond acceptors (Lipinski definition) is 6. The molecule has 0 unspecified atom stereocenters. The minimum Gasteiger partial charge on any atom is -0.301 e. The number of aryl methyl sites for hydroxylation is 3. The summed E-state index contributed by atoms with van der Waals surface area (Å²) in [6.07, 6.45) is 3.34. The standard InChI is InChI=1S/C14H18N6OS/c1-9-15-12-7-19(5-6-20(12)18-9)8-13(21)17-14-16-10-3-2-4-11(10)22-14/h2-8H2,1H3,(H,16,17,21). The second kappa shape index (κ2) is 5.44. The number of carbonyl (C=O) groups is 1. The van der Waals surface area contributed by atoms with Crippen molar-refractivity contribution in [1.82, 2.24) is 24.6 Å². The second-order valence-corrected chi connectivity index (χ2v) is 6.88. The van der Waals surface area contributed by atoms with E-state index >= 15 is 0 Å². The number of anilines is 1. The normalized spacial score (nSPS) is 17.3. The lowest BCUT2D eigenvalue weighted by Gasteiger charge is -2.25. The first-order chi connectivity index (χ1) is 10.7. The van der Waals surface area contributed by atoms with Gasteiger partial charge in [0.25, 0.3) is 0 Å². The lowest BCUT2D eigenvalue weighted by atomic mass is 10.3. The maximum atomic E-state index is 12.2. The lowest BCUT2D eigenvalue weighted by molar-refractivity contribution is -0.117. The fourth-order valence-electron chi connectivity index (χ4n) is 3.05. The molecule has 2 aliphatic rings. The van der Waals surface area contributed by atoms with Crippen LogP contribution in [0.4, 0.5) is 5.13 Å². The molecule has 4 rings (SSSR count). The van der Waals surface area contributed by atoms with Crippen molar-refractivity contribution in [3.8, 4) is 0 Å². The Balaban J connectivity index is 1.36. The van der Waals surface area contributed by atoms with E-state index < -0.39 is 0 Å². The van der Waals surface area contributed by atoms with Gasteiger partial charge in [-0.05, 0) is 26.2 Å². The van der Waals surface area contributed by atoms with Crippen molar-refractivity contribution >= 4 is 22.4 Å². The summed E-state index contributed by atoms with van der Waals surface area (Å²) in [7, 11) is 0. The molecule has 1 aliphatic heterocycles. The predicted octanol–water partition coefficient (Wildman–Crippen LogP) is 0.986. The quantitative estimate of drug-likeness (QED) is 0.913. The van der Waals surface area contributed by atoms with Gasteiger partial charge in [-0.2, -0.15) is 5.10 Å². The molecule has 2 aromatic rings. The van der Waals surface area contributed by atoms with E-state index in [0.29, 0.717) is 13.1 Å². The van der Waals surface area contributed by atoms with Gasteiger partial charge in [0.1, 0.15) is 11.6 Å². The Hall–Kier alpha value is -1.80. The summed E-state index contributed by atoms with van der Waals surface area (Å²) in [6.45, 7) is 4.54. The molecule has 2 aromatic heterocycles. The molecular formula is C14H18N6OS. The number of fused-ring (bicyclic) bond motifs is 2. The van der Waals surface area contributed by atoms with Crippen molar-refractivity contribution in [3.63, 3.8) is 0 Å². The largest absolute Gasteiger partial charge is 0.301 e. The van der Waals surface area contributed by atoms with Crippen molar-refractivity contribution in [2.24, 2.45) is 0 Å². The van der Waals surface area contributed by atoms with Gasteiger partial charge < -0.3 is 5.32 Å². The molecule has 1 N–H and O–H groups in total. The van der Waals surface area contributed by atoms with Crippen LogP contribution in [-0.4, -0.2) is 43.6 Å². The topological polar surface area (TPSA) is 75.9 Å². The molecule has 0 atom stereocenters. The van der Waals surface area contributed by atoms with Gasteiger partial charge in [0.05, 0.1) is 25.3 Å². The number of hydrogen-bond donors (Lipinski definition) is 1. The zero-order valence-electron chi connectivity index (χ0n) is 12.5. The summed E-state index contributed by atoms with van der Waals surface area (Å²) in [5, 5.41) is 8.00. The Morgan fingerprint density at radius 1 is 1.32 bits per heavy atom. The zero-order chi connectivity index (χ0) is 15.1. The molecule has 116 valence electrons. The predicted molar refractivity (Wildman–Crippen MR) is 82.8 cm³/mol. The van der Waals surface area contributed by atoms with E-state index in [9.17, 15) is 4.79 Å². The molecule has 0 bridgehead atoms. The Kier molecular flexibility index (Phi) is 3.42. The van der Waals surface area contributed by atoms with E-state index in [4.69, 9.17) is 0 Å². The smallest absolute Gasteiger partial charge is 0.240 e. The SMILES string of the molecule is Cc1nc2n(n1)CCN(CC(=O)Nc1nc3c(s1)CCC3)C2. The molecule has 3 heterocycles. The van der Waals surface area contributed by atoms with Crippen molar-refractivity contribution in [2.45, 2.75) is 39.3 Å². The van der Waals surface area contributed by atoms with E-state index in [-0.39, 0.29) is 5.91 Å². The van der Waals surface area contributed by atoms with Crippen LogP contribution in [0.25, 0.3) is 0 Å². The third-order valence-corrected chi connectivity index (χ3v) is 5.13. The van der Waals surface area contributed by atoms with Crippen LogP contribution in [0.2, 0.25) is 0 Å². The van der Waals surface area contributed by atoms with Crippen LogP contribution in [0.3, 0.4) is 0 Å². The van der Waals surface area contributed by atoms with Crippen LogP contribution >= 0.6 is 11.3 Å². The van der Waals surface area contributed by atoms with Gasteiger partial charge in [-0.15, -0.1) is 11.3 Å². The van der Waals surface area contributed by atoms with Gasteiger partial charge in [-0.3, -0.25) is 9.69 Å². The summed E-state index contributed by atoms with van der Waals surface area (Å²) in [5.74, 6) is 1.72. The van der Waals surface area contributed by atoms with Crippen LogP contribution in [0, 0.1) is 6.92 Å². The van der Waals surface area contributed by atoms with Crippen molar-refractivity contribution in [1.29, 1.82) is 0 Å². The monoisotopic (exact) mass is 318 g/mol. The van der Waals surface area contributed by atoms with Crippen LogP contribution in [0.1, 0.15) is 28.6 Å². The summed E-state index contributed by atoms with van der Waals surface area (Å²) < 4.78 is 1.93.